The van der Waals surface area contributed by atoms with Crippen molar-refractivity contribution in [3.05, 3.63) is 23.4 Å². The van der Waals surface area contributed by atoms with Gasteiger partial charge in [-0.15, -0.1) is 0 Å². The maximum Gasteiger partial charge on any atom is 0.165 e. The number of methoxy groups -OCH3 is 2. The molecule has 0 saturated heterocycles. The number of benzene rings is 1. The second-order valence-electron chi connectivity index (χ2n) is 10.4. The predicted octanol–water partition coefficient (Wildman–Crippen LogP) is 5.32. The Labute approximate surface area is 191 Å². The van der Waals surface area contributed by atoms with Gasteiger partial charge in [0.15, 0.2) is 17.3 Å². The number of aromatic nitrogens is 1. The van der Waals surface area contributed by atoms with Crippen molar-refractivity contribution in [2.24, 2.45) is 17.9 Å². The summed E-state index contributed by atoms with van der Waals surface area (Å²) in [4.78, 5) is 38.4. The number of ether oxygens (including phenoxy) is 2. The number of hydrogen-bond donors (Lipinski definition) is 0. The molecule has 0 N–H and O–H groups in total. The van der Waals surface area contributed by atoms with E-state index >= 15 is 0 Å². The average molecular weight is 444 g/mol. The summed E-state index contributed by atoms with van der Waals surface area (Å²) in [6.45, 7) is 11.3. The molecule has 1 heterocycles. The average Bonchev–Trinajstić information content (AvgIpc) is 2.98. The lowest BCUT2D eigenvalue weighted by molar-refractivity contribution is -0.126. The Bertz CT molecular complexity index is 1030. The summed E-state index contributed by atoms with van der Waals surface area (Å²) in [7, 11) is 5.01. The lowest BCUT2D eigenvalue weighted by Gasteiger charge is -2.17. The summed E-state index contributed by atoms with van der Waals surface area (Å²) in [5.74, 6) is 1.19. The quantitative estimate of drug-likeness (QED) is 0.490. The van der Waals surface area contributed by atoms with Crippen LogP contribution in [-0.2, 0) is 23.1 Å². The van der Waals surface area contributed by atoms with Crippen LogP contribution in [0.25, 0.3) is 10.9 Å². The molecule has 0 aliphatic heterocycles. The number of ketones is 3. The molecule has 0 amide bonds. The molecular formula is C26H37NO5. The van der Waals surface area contributed by atoms with E-state index in [1.165, 1.54) is 0 Å². The zero-order valence-electron chi connectivity index (χ0n) is 21.0. The van der Waals surface area contributed by atoms with Crippen LogP contribution in [0.1, 0.15) is 76.9 Å². The van der Waals surface area contributed by atoms with Crippen LogP contribution in [0.3, 0.4) is 0 Å². The van der Waals surface area contributed by atoms with Crippen LogP contribution in [0, 0.1) is 10.8 Å². The maximum atomic E-state index is 13.4. The molecule has 6 nitrogen and oxygen atoms in total. The van der Waals surface area contributed by atoms with Crippen molar-refractivity contribution in [3.8, 4) is 11.5 Å². The standard InChI is InChI=1S/C26H37NO5/c1-25(2,3)22(29)12-10-17-24(19(28)11-13-23(30)26(4,5)6)16-14-20(31-8)21(32-9)15-18(16)27(17)7/h14-15H,10-13H2,1-9H3. The number of hydrogen-bond acceptors (Lipinski definition) is 5. The highest BCUT2D eigenvalue weighted by Crippen LogP contribution is 2.37. The number of Topliss-reactive ketones (excluding diaryl/α,β-unsaturated/α-hetero) is 3. The van der Waals surface area contributed by atoms with Gasteiger partial charge < -0.3 is 14.0 Å². The maximum absolute atomic E-state index is 13.4. The molecule has 0 bridgehead atoms. The Morgan fingerprint density at radius 2 is 1.31 bits per heavy atom. The van der Waals surface area contributed by atoms with Crippen LogP contribution in [0.4, 0.5) is 0 Å². The molecule has 32 heavy (non-hydrogen) atoms. The largest absolute Gasteiger partial charge is 0.493 e. The summed E-state index contributed by atoms with van der Waals surface area (Å²) in [5.41, 5.74) is 1.25. The highest BCUT2D eigenvalue weighted by atomic mass is 16.5. The van der Waals surface area contributed by atoms with Gasteiger partial charge in [-0.3, -0.25) is 14.4 Å². The summed E-state index contributed by atoms with van der Waals surface area (Å²) in [6, 6.07) is 3.66. The van der Waals surface area contributed by atoms with Gasteiger partial charge in [0.05, 0.1) is 19.7 Å². The Kier molecular flexibility index (Phi) is 7.59. The van der Waals surface area contributed by atoms with E-state index in [0.717, 1.165) is 16.6 Å². The van der Waals surface area contributed by atoms with E-state index in [9.17, 15) is 14.4 Å². The second-order valence-corrected chi connectivity index (χ2v) is 10.4. The van der Waals surface area contributed by atoms with Crippen LogP contribution in [0.2, 0.25) is 0 Å². The first-order chi connectivity index (χ1) is 14.7. The fourth-order valence-corrected chi connectivity index (χ4v) is 3.75. The summed E-state index contributed by atoms with van der Waals surface area (Å²) >= 11 is 0. The Hall–Kier alpha value is -2.63. The van der Waals surface area contributed by atoms with Gasteiger partial charge in [0, 0.05) is 59.9 Å². The predicted molar refractivity (Wildman–Crippen MR) is 127 cm³/mol. The fourth-order valence-electron chi connectivity index (χ4n) is 3.75. The monoisotopic (exact) mass is 443 g/mol. The molecule has 0 aliphatic rings. The fraction of sp³-hybridized carbons (Fsp3) is 0.577. The molecule has 0 radical (unpaired) electrons. The van der Waals surface area contributed by atoms with Crippen LogP contribution in [-0.4, -0.2) is 36.1 Å². The van der Waals surface area contributed by atoms with Gasteiger partial charge in [-0.05, 0) is 12.5 Å². The molecule has 2 rings (SSSR count). The van der Waals surface area contributed by atoms with Crippen LogP contribution in [0.5, 0.6) is 11.5 Å². The number of aryl methyl sites for hydroxylation is 1. The summed E-state index contributed by atoms with van der Waals surface area (Å²) in [5, 5.41) is 0.747. The first-order valence-electron chi connectivity index (χ1n) is 11.1. The minimum Gasteiger partial charge on any atom is -0.493 e. The zero-order valence-corrected chi connectivity index (χ0v) is 21.0. The van der Waals surface area contributed by atoms with E-state index in [2.05, 4.69) is 0 Å². The normalized spacial score (nSPS) is 12.2. The van der Waals surface area contributed by atoms with E-state index in [1.807, 2.05) is 65.3 Å². The summed E-state index contributed by atoms with van der Waals surface area (Å²) in [6.07, 6.45) is 1.10. The lowest BCUT2D eigenvalue weighted by atomic mass is 9.86. The molecule has 0 aliphatic carbocycles. The highest BCUT2D eigenvalue weighted by molar-refractivity contribution is 6.11. The molecule has 176 valence electrons. The van der Waals surface area contributed by atoms with E-state index < -0.39 is 10.8 Å². The molecular weight excluding hydrogens is 406 g/mol. The molecule has 1 aromatic heterocycles. The van der Waals surface area contributed by atoms with Gasteiger partial charge in [-0.2, -0.15) is 0 Å². The van der Waals surface area contributed by atoms with E-state index in [1.54, 1.807) is 14.2 Å². The van der Waals surface area contributed by atoms with E-state index in [-0.39, 0.29) is 30.2 Å². The van der Waals surface area contributed by atoms with Crippen LogP contribution < -0.4 is 9.47 Å². The van der Waals surface area contributed by atoms with Crippen molar-refractivity contribution in [1.82, 2.24) is 4.57 Å². The van der Waals surface area contributed by atoms with Gasteiger partial charge in [-0.25, -0.2) is 0 Å². The Balaban J connectivity index is 2.56. The lowest BCUT2D eigenvalue weighted by Crippen LogP contribution is -2.22. The molecule has 0 atom stereocenters. The third-order valence-corrected chi connectivity index (χ3v) is 5.95. The SMILES string of the molecule is COc1cc2c(C(=O)CCC(=O)C(C)(C)C)c(CCC(=O)C(C)(C)C)n(C)c2cc1OC. The zero-order chi connectivity index (χ0) is 24.4. The minimum atomic E-state index is -0.489. The molecule has 0 unspecified atom stereocenters. The van der Waals surface area contributed by atoms with Crippen molar-refractivity contribution in [3.63, 3.8) is 0 Å². The highest BCUT2D eigenvalue weighted by Gasteiger charge is 2.28. The number of fused-ring (bicyclic) bond motifs is 1. The van der Waals surface area contributed by atoms with Gasteiger partial charge in [0.1, 0.15) is 11.6 Å². The molecule has 1 aromatic carbocycles. The Morgan fingerprint density at radius 3 is 1.81 bits per heavy atom. The third kappa shape index (κ3) is 5.40. The van der Waals surface area contributed by atoms with Gasteiger partial charge in [-0.1, -0.05) is 41.5 Å². The number of nitrogens with zero attached hydrogens (tertiary/aromatic N) is 1. The van der Waals surface area contributed by atoms with Crippen molar-refractivity contribution in [2.75, 3.05) is 14.2 Å². The third-order valence-electron chi connectivity index (χ3n) is 5.95. The number of carbonyl (C=O) groups excluding carboxylic acids is 3. The molecule has 2 aromatic rings. The van der Waals surface area contributed by atoms with Crippen molar-refractivity contribution in [1.29, 1.82) is 0 Å². The van der Waals surface area contributed by atoms with Crippen molar-refractivity contribution < 1.29 is 23.9 Å². The van der Waals surface area contributed by atoms with Crippen LogP contribution in [0.15, 0.2) is 12.1 Å². The second kappa shape index (κ2) is 9.47. The summed E-state index contributed by atoms with van der Waals surface area (Å²) < 4.78 is 12.9. The molecule has 0 saturated carbocycles. The Morgan fingerprint density at radius 1 is 0.812 bits per heavy atom. The number of rotatable bonds is 9. The van der Waals surface area contributed by atoms with Crippen molar-refractivity contribution >= 4 is 28.3 Å². The number of carbonyl (C=O) groups is 3. The first kappa shape index (κ1) is 25.6. The van der Waals surface area contributed by atoms with Crippen LogP contribution >= 0.6 is 0 Å². The minimum absolute atomic E-state index is 0.0507. The van der Waals surface area contributed by atoms with E-state index in [4.69, 9.17) is 9.47 Å². The van der Waals surface area contributed by atoms with Gasteiger partial charge in [0.2, 0.25) is 0 Å². The van der Waals surface area contributed by atoms with Gasteiger partial charge in [0.25, 0.3) is 0 Å². The molecule has 6 heteroatoms. The topological polar surface area (TPSA) is 74.6 Å². The van der Waals surface area contributed by atoms with Gasteiger partial charge >= 0.3 is 0 Å². The molecule has 0 fully saturated rings. The van der Waals surface area contributed by atoms with Crippen molar-refractivity contribution in [2.45, 2.75) is 67.2 Å². The van der Waals surface area contributed by atoms with E-state index in [0.29, 0.717) is 29.9 Å². The first-order valence-corrected chi connectivity index (χ1v) is 11.1. The molecule has 0 spiro atoms. The smallest absolute Gasteiger partial charge is 0.165 e.